The van der Waals surface area contributed by atoms with Crippen molar-refractivity contribution in [3.8, 4) is 0 Å². The van der Waals surface area contributed by atoms with Crippen LogP contribution in [0, 0.1) is 6.92 Å². The van der Waals surface area contributed by atoms with Crippen LogP contribution in [0.25, 0.3) is 0 Å². The number of rotatable bonds is 4. The van der Waals surface area contributed by atoms with E-state index in [0.29, 0.717) is 5.09 Å². The van der Waals surface area contributed by atoms with E-state index in [0.717, 1.165) is 16.5 Å². The fraction of sp³-hybridized carbons (Fsp3) is 0.308. The average molecular weight is 278 g/mol. The van der Waals surface area contributed by atoms with Crippen LogP contribution in [0.3, 0.4) is 0 Å². The Labute approximate surface area is 115 Å². The third kappa shape index (κ3) is 3.35. The number of carbonyl (C=O) groups is 1. The first-order valence-corrected chi connectivity index (χ1v) is 6.64. The summed E-state index contributed by atoms with van der Waals surface area (Å²) in [6.45, 7) is 5.96. The summed E-state index contributed by atoms with van der Waals surface area (Å²) in [5, 5.41) is 10.1. The van der Waals surface area contributed by atoms with Gasteiger partial charge in [-0.05, 0) is 36.9 Å². The SMILES string of the molecule is Cc1cc(Sc2ccc(C(=O)O)o2)nc(C(C)C)n1. The molecule has 0 spiro atoms. The molecular formula is C13H14N2O3S. The zero-order chi connectivity index (χ0) is 14.0. The molecule has 0 atom stereocenters. The Morgan fingerprint density at radius 1 is 1.37 bits per heavy atom. The number of aromatic nitrogens is 2. The molecular weight excluding hydrogens is 264 g/mol. The largest absolute Gasteiger partial charge is 0.475 e. The molecule has 2 heterocycles. The van der Waals surface area contributed by atoms with Gasteiger partial charge in [0.05, 0.1) is 0 Å². The third-order valence-electron chi connectivity index (χ3n) is 2.36. The van der Waals surface area contributed by atoms with Crippen molar-refractivity contribution < 1.29 is 14.3 Å². The van der Waals surface area contributed by atoms with Gasteiger partial charge in [0.1, 0.15) is 10.9 Å². The molecule has 6 heteroatoms. The van der Waals surface area contributed by atoms with Crippen LogP contribution in [-0.2, 0) is 0 Å². The molecule has 2 aromatic heterocycles. The van der Waals surface area contributed by atoms with Gasteiger partial charge in [-0.1, -0.05) is 13.8 Å². The van der Waals surface area contributed by atoms with Crippen LogP contribution in [0.4, 0.5) is 0 Å². The molecule has 0 aliphatic rings. The summed E-state index contributed by atoms with van der Waals surface area (Å²) < 4.78 is 5.19. The zero-order valence-corrected chi connectivity index (χ0v) is 11.7. The number of aryl methyl sites for hydroxylation is 1. The molecule has 0 saturated heterocycles. The van der Waals surface area contributed by atoms with Crippen LogP contribution in [0.15, 0.2) is 32.7 Å². The van der Waals surface area contributed by atoms with E-state index in [-0.39, 0.29) is 11.7 Å². The Morgan fingerprint density at radius 2 is 2.11 bits per heavy atom. The van der Waals surface area contributed by atoms with Crippen LogP contribution in [0.1, 0.15) is 41.8 Å². The molecule has 0 saturated carbocycles. The Kier molecular flexibility index (Phi) is 3.90. The second kappa shape index (κ2) is 5.44. The average Bonchev–Trinajstić information content (AvgIpc) is 2.76. The molecule has 100 valence electrons. The topological polar surface area (TPSA) is 76.2 Å². The molecule has 0 aliphatic heterocycles. The summed E-state index contributed by atoms with van der Waals surface area (Å²) in [6, 6.07) is 4.90. The van der Waals surface area contributed by atoms with E-state index in [4.69, 9.17) is 9.52 Å². The van der Waals surface area contributed by atoms with Crippen LogP contribution in [-0.4, -0.2) is 21.0 Å². The van der Waals surface area contributed by atoms with Gasteiger partial charge in [0.25, 0.3) is 0 Å². The lowest BCUT2D eigenvalue weighted by Gasteiger charge is -2.06. The summed E-state index contributed by atoms with van der Waals surface area (Å²) in [5.41, 5.74) is 0.881. The van der Waals surface area contributed by atoms with Crippen molar-refractivity contribution in [3.05, 3.63) is 35.5 Å². The predicted octanol–water partition coefficient (Wildman–Crippen LogP) is 3.35. The van der Waals surface area contributed by atoms with Crippen molar-refractivity contribution in [2.45, 2.75) is 36.8 Å². The second-order valence-corrected chi connectivity index (χ2v) is 5.41. The molecule has 2 aromatic rings. The minimum absolute atomic E-state index is 0.0719. The zero-order valence-electron chi connectivity index (χ0n) is 10.9. The van der Waals surface area contributed by atoms with Gasteiger partial charge in [0.2, 0.25) is 5.76 Å². The van der Waals surface area contributed by atoms with Crippen LogP contribution >= 0.6 is 11.8 Å². The van der Waals surface area contributed by atoms with Gasteiger partial charge in [0.15, 0.2) is 5.09 Å². The second-order valence-electron chi connectivity index (χ2n) is 4.39. The minimum atomic E-state index is -1.08. The van der Waals surface area contributed by atoms with Crippen molar-refractivity contribution in [1.29, 1.82) is 0 Å². The first-order chi connectivity index (χ1) is 8.95. The maximum atomic E-state index is 10.7. The highest BCUT2D eigenvalue weighted by Gasteiger charge is 2.12. The first-order valence-electron chi connectivity index (χ1n) is 5.82. The van der Waals surface area contributed by atoms with Crippen molar-refractivity contribution in [2.24, 2.45) is 0 Å². The van der Waals surface area contributed by atoms with E-state index in [1.165, 1.54) is 17.8 Å². The number of hydrogen-bond acceptors (Lipinski definition) is 5. The van der Waals surface area contributed by atoms with Gasteiger partial charge < -0.3 is 9.52 Å². The molecule has 0 unspecified atom stereocenters. The number of hydrogen-bond donors (Lipinski definition) is 1. The molecule has 2 rings (SSSR count). The summed E-state index contributed by atoms with van der Waals surface area (Å²) in [6.07, 6.45) is 0. The Balaban J connectivity index is 2.24. The number of carboxylic acid groups (broad SMARTS) is 1. The van der Waals surface area contributed by atoms with Gasteiger partial charge in [-0.25, -0.2) is 14.8 Å². The number of nitrogens with zero attached hydrogens (tertiary/aromatic N) is 2. The van der Waals surface area contributed by atoms with E-state index in [1.807, 2.05) is 26.8 Å². The molecule has 0 aromatic carbocycles. The van der Waals surface area contributed by atoms with E-state index in [2.05, 4.69) is 9.97 Å². The number of carboxylic acids is 1. The highest BCUT2D eigenvalue weighted by molar-refractivity contribution is 7.99. The molecule has 0 fully saturated rings. The van der Waals surface area contributed by atoms with E-state index >= 15 is 0 Å². The summed E-state index contributed by atoms with van der Waals surface area (Å²) in [4.78, 5) is 19.5. The Morgan fingerprint density at radius 3 is 2.68 bits per heavy atom. The maximum absolute atomic E-state index is 10.7. The standard InChI is InChI=1S/C13H14N2O3S/c1-7(2)12-14-8(3)6-10(15-12)19-11-5-4-9(18-11)13(16)17/h4-7H,1-3H3,(H,16,17). The molecule has 5 nitrogen and oxygen atoms in total. The highest BCUT2D eigenvalue weighted by Crippen LogP contribution is 2.29. The quantitative estimate of drug-likeness (QED) is 0.864. The minimum Gasteiger partial charge on any atom is -0.475 e. The lowest BCUT2D eigenvalue weighted by molar-refractivity contribution is 0.0656. The fourth-order valence-corrected chi connectivity index (χ4v) is 2.31. The molecule has 19 heavy (non-hydrogen) atoms. The fourth-order valence-electron chi connectivity index (χ4n) is 1.47. The van der Waals surface area contributed by atoms with Crippen LogP contribution < -0.4 is 0 Å². The lowest BCUT2D eigenvalue weighted by atomic mass is 10.2. The van der Waals surface area contributed by atoms with Gasteiger partial charge >= 0.3 is 5.97 Å². The molecule has 0 aliphatic carbocycles. The third-order valence-corrected chi connectivity index (χ3v) is 3.20. The van der Waals surface area contributed by atoms with E-state index < -0.39 is 5.97 Å². The van der Waals surface area contributed by atoms with Gasteiger partial charge in [-0.15, -0.1) is 0 Å². The normalized spacial score (nSPS) is 10.9. The van der Waals surface area contributed by atoms with Crippen LogP contribution in [0.5, 0.6) is 0 Å². The lowest BCUT2D eigenvalue weighted by Crippen LogP contribution is -2.00. The van der Waals surface area contributed by atoms with Crippen molar-refractivity contribution >= 4 is 17.7 Å². The van der Waals surface area contributed by atoms with E-state index in [1.54, 1.807) is 6.07 Å². The maximum Gasteiger partial charge on any atom is 0.371 e. The summed E-state index contributed by atoms with van der Waals surface area (Å²) in [7, 11) is 0. The summed E-state index contributed by atoms with van der Waals surface area (Å²) in [5.74, 6) is -0.135. The van der Waals surface area contributed by atoms with E-state index in [9.17, 15) is 4.79 Å². The van der Waals surface area contributed by atoms with Gasteiger partial charge in [0, 0.05) is 11.6 Å². The summed E-state index contributed by atoms with van der Waals surface area (Å²) >= 11 is 1.29. The molecule has 1 N–H and O–H groups in total. The number of aromatic carboxylic acids is 1. The Hall–Kier alpha value is -1.82. The van der Waals surface area contributed by atoms with Crippen molar-refractivity contribution in [3.63, 3.8) is 0 Å². The van der Waals surface area contributed by atoms with Crippen molar-refractivity contribution in [2.75, 3.05) is 0 Å². The highest BCUT2D eigenvalue weighted by atomic mass is 32.2. The monoisotopic (exact) mass is 278 g/mol. The predicted molar refractivity (Wildman–Crippen MR) is 70.6 cm³/mol. The molecule has 0 bridgehead atoms. The van der Waals surface area contributed by atoms with Crippen molar-refractivity contribution in [1.82, 2.24) is 9.97 Å². The Bertz CT molecular complexity index is 608. The smallest absolute Gasteiger partial charge is 0.371 e. The van der Waals surface area contributed by atoms with Crippen LogP contribution in [0.2, 0.25) is 0 Å². The van der Waals surface area contributed by atoms with Gasteiger partial charge in [-0.3, -0.25) is 0 Å². The van der Waals surface area contributed by atoms with Gasteiger partial charge in [-0.2, -0.15) is 0 Å². The first kappa shape index (κ1) is 13.6. The molecule has 0 amide bonds. The number of furan rings is 1. The molecule has 0 radical (unpaired) electrons.